The molecule has 3 atom stereocenters. The molecule has 4 rings (SSSR count). The molecule has 2 fully saturated rings. The maximum atomic E-state index is 6.11. The molecule has 24 heavy (non-hydrogen) atoms. The first kappa shape index (κ1) is 15.8. The van der Waals surface area contributed by atoms with Crippen molar-refractivity contribution in [2.45, 2.75) is 38.1 Å². The second kappa shape index (κ2) is 7.47. The van der Waals surface area contributed by atoms with Gasteiger partial charge in [0.05, 0.1) is 38.5 Å². The normalized spacial score (nSPS) is 27.2. The molecule has 2 aromatic rings. The number of aromatic nitrogens is 1. The second-order valence-electron chi connectivity index (χ2n) is 6.72. The van der Waals surface area contributed by atoms with E-state index in [0.29, 0.717) is 24.7 Å². The van der Waals surface area contributed by atoms with Gasteiger partial charge in [-0.25, -0.2) is 0 Å². The smallest absolute Gasteiger partial charge is 0.0947 e. The molecule has 3 heterocycles. The van der Waals surface area contributed by atoms with Crippen LogP contribution in [0.3, 0.4) is 0 Å². The fourth-order valence-electron chi connectivity index (χ4n) is 3.94. The molecule has 0 amide bonds. The Morgan fingerprint density at radius 1 is 1.25 bits per heavy atom. The van der Waals surface area contributed by atoms with Gasteiger partial charge in [0.1, 0.15) is 0 Å². The van der Waals surface area contributed by atoms with Crippen LogP contribution in [0.5, 0.6) is 0 Å². The lowest BCUT2D eigenvalue weighted by molar-refractivity contribution is -0.0892. The Hall–Kier alpha value is -1.69. The molecule has 5 nitrogen and oxygen atoms in total. The quantitative estimate of drug-likeness (QED) is 0.816. The van der Waals surface area contributed by atoms with Crippen molar-refractivity contribution in [1.29, 1.82) is 0 Å². The van der Waals surface area contributed by atoms with Gasteiger partial charge in [-0.1, -0.05) is 6.07 Å². The first-order valence-electron chi connectivity index (χ1n) is 8.73. The molecule has 0 bridgehead atoms. The van der Waals surface area contributed by atoms with E-state index in [1.807, 2.05) is 30.7 Å². The Bertz CT molecular complexity index is 617. The zero-order chi connectivity index (χ0) is 16.2. The van der Waals surface area contributed by atoms with E-state index < -0.39 is 0 Å². The fraction of sp³-hybridized carbons (Fsp3) is 0.526. The van der Waals surface area contributed by atoms with Crippen molar-refractivity contribution in [3.05, 3.63) is 54.2 Å². The van der Waals surface area contributed by atoms with Crippen LogP contribution in [0.15, 0.2) is 47.5 Å². The molecule has 0 N–H and O–H groups in total. The summed E-state index contributed by atoms with van der Waals surface area (Å²) in [6.07, 6.45) is 9.88. The highest BCUT2D eigenvalue weighted by Gasteiger charge is 2.42. The number of rotatable bonds is 6. The van der Waals surface area contributed by atoms with Crippen molar-refractivity contribution >= 4 is 0 Å². The first-order valence-corrected chi connectivity index (χ1v) is 8.73. The maximum absolute atomic E-state index is 6.11. The Labute approximate surface area is 142 Å². The number of pyridine rings is 1. The number of fused-ring (bicyclic) bond motifs is 1. The van der Waals surface area contributed by atoms with Crippen molar-refractivity contribution in [1.82, 2.24) is 9.88 Å². The number of nitrogens with zero attached hydrogens (tertiary/aromatic N) is 2. The lowest BCUT2D eigenvalue weighted by atomic mass is 10.0. The van der Waals surface area contributed by atoms with E-state index in [2.05, 4.69) is 9.88 Å². The molecular weight excluding hydrogens is 304 g/mol. The molecule has 0 spiro atoms. The molecule has 0 aromatic carbocycles. The molecule has 1 aliphatic heterocycles. The molecule has 128 valence electrons. The van der Waals surface area contributed by atoms with Crippen LogP contribution in [0, 0.1) is 5.92 Å². The Balaban J connectivity index is 1.31. The lowest BCUT2D eigenvalue weighted by Crippen LogP contribution is -2.50. The lowest BCUT2D eigenvalue weighted by Gasteiger charge is -2.39. The molecule has 1 saturated carbocycles. The van der Waals surface area contributed by atoms with Crippen LogP contribution in [0.4, 0.5) is 0 Å². The topological polar surface area (TPSA) is 47.7 Å². The van der Waals surface area contributed by atoms with Crippen LogP contribution < -0.4 is 0 Å². The summed E-state index contributed by atoms with van der Waals surface area (Å²) in [5.41, 5.74) is 2.37. The average molecular weight is 328 g/mol. The molecule has 1 aliphatic carbocycles. The van der Waals surface area contributed by atoms with E-state index in [9.17, 15) is 0 Å². The van der Waals surface area contributed by atoms with Crippen molar-refractivity contribution < 1.29 is 13.9 Å². The van der Waals surface area contributed by atoms with E-state index in [0.717, 1.165) is 31.9 Å². The highest BCUT2D eigenvalue weighted by Crippen LogP contribution is 2.35. The van der Waals surface area contributed by atoms with E-state index >= 15 is 0 Å². The third-order valence-electron chi connectivity index (χ3n) is 5.12. The van der Waals surface area contributed by atoms with Crippen molar-refractivity contribution in [3.8, 4) is 0 Å². The van der Waals surface area contributed by atoms with Crippen LogP contribution in [0.2, 0.25) is 0 Å². The van der Waals surface area contributed by atoms with Gasteiger partial charge in [0.25, 0.3) is 0 Å². The molecule has 2 aliphatic rings. The third-order valence-corrected chi connectivity index (χ3v) is 5.12. The van der Waals surface area contributed by atoms with Gasteiger partial charge in [0.2, 0.25) is 0 Å². The largest absolute Gasteiger partial charge is 0.472 e. The van der Waals surface area contributed by atoms with Gasteiger partial charge in [-0.2, -0.15) is 0 Å². The Morgan fingerprint density at radius 2 is 2.25 bits per heavy atom. The summed E-state index contributed by atoms with van der Waals surface area (Å²) in [7, 11) is 0. The van der Waals surface area contributed by atoms with Crippen LogP contribution in [0.1, 0.15) is 24.0 Å². The summed E-state index contributed by atoms with van der Waals surface area (Å²) in [5.74, 6) is 0.485. The van der Waals surface area contributed by atoms with Crippen LogP contribution >= 0.6 is 0 Å². The minimum atomic E-state index is 0.291. The van der Waals surface area contributed by atoms with E-state index in [1.165, 1.54) is 18.4 Å². The average Bonchev–Trinajstić information content (AvgIpc) is 3.27. The van der Waals surface area contributed by atoms with Gasteiger partial charge in [-0.05, 0) is 30.5 Å². The summed E-state index contributed by atoms with van der Waals surface area (Å²) in [5, 5.41) is 0. The van der Waals surface area contributed by atoms with Gasteiger partial charge in [-0.15, -0.1) is 0 Å². The summed E-state index contributed by atoms with van der Waals surface area (Å²) < 4.78 is 17.3. The van der Waals surface area contributed by atoms with Crippen LogP contribution in [-0.4, -0.2) is 41.8 Å². The molecule has 2 aromatic heterocycles. The highest BCUT2D eigenvalue weighted by atomic mass is 16.5. The summed E-state index contributed by atoms with van der Waals surface area (Å²) >= 11 is 0. The minimum Gasteiger partial charge on any atom is -0.472 e. The number of ether oxygens (including phenoxy) is 2. The third kappa shape index (κ3) is 3.53. The van der Waals surface area contributed by atoms with E-state index in [1.54, 1.807) is 12.5 Å². The van der Waals surface area contributed by atoms with Gasteiger partial charge in [0, 0.05) is 43.0 Å². The zero-order valence-electron chi connectivity index (χ0n) is 13.8. The first-order chi connectivity index (χ1) is 11.9. The van der Waals surface area contributed by atoms with Crippen molar-refractivity contribution in [2.75, 3.05) is 19.8 Å². The van der Waals surface area contributed by atoms with Gasteiger partial charge < -0.3 is 13.9 Å². The Morgan fingerprint density at radius 3 is 3.08 bits per heavy atom. The fourth-order valence-corrected chi connectivity index (χ4v) is 3.94. The monoisotopic (exact) mass is 328 g/mol. The predicted octanol–water partition coefficient (Wildman–Crippen LogP) is 2.87. The number of morpholine rings is 1. The van der Waals surface area contributed by atoms with E-state index in [4.69, 9.17) is 13.9 Å². The SMILES string of the molecule is c1cncc(COC[C@@H]2CC[C@H]3[C@@H]2OCCN3Cc2ccoc2)c1. The Kier molecular flexibility index (Phi) is 4.92. The van der Waals surface area contributed by atoms with Crippen molar-refractivity contribution in [2.24, 2.45) is 5.92 Å². The summed E-state index contributed by atoms with van der Waals surface area (Å²) in [6.45, 7) is 4.13. The predicted molar refractivity (Wildman–Crippen MR) is 89.3 cm³/mol. The van der Waals surface area contributed by atoms with Gasteiger partial charge >= 0.3 is 0 Å². The van der Waals surface area contributed by atoms with Gasteiger partial charge in [0.15, 0.2) is 0 Å². The van der Waals surface area contributed by atoms with E-state index in [-0.39, 0.29) is 0 Å². The number of hydrogen-bond acceptors (Lipinski definition) is 5. The highest BCUT2D eigenvalue weighted by molar-refractivity contribution is 5.08. The van der Waals surface area contributed by atoms with Crippen molar-refractivity contribution in [3.63, 3.8) is 0 Å². The molecule has 0 unspecified atom stereocenters. The van der Waals surface area contributed by atoms with Crippen LogP contribution in [-0.2, 0) is 22.6 Å². The minimum absolute atomic E-state index is 0.291. The molecule has 1 saturated heterocycles. The molecular formula is C19H24N2O3. The van der Waals surface area contributed by atoms with Crippen LogP contribution in [0.25, 0.3) is 0 Å². The number of hydrogen-bond donors (Lipinski definition) is 0. The summed E-state index contributed by atoms with van der Waals surface area (Å²) in [6, 6.07) is 6.55. The maximum Gasteiger partial charge on any atom is 0.0947 e. The number of furan rings is 1. The molecule has 0 radical (unpaired) electrons. The second-order valence-corrected chi connectivity index (χ2v) is 6.72. The zero-order valence-corrected chi connectivity index (χ0v) is 13.8. The molecule has 5 heteroatoms. The van der Waals surface area contributed by atoms with Gasteiger partial charge in [-0.3, -0.25) is 9.88 Å². The summed E-state index contributed by atoms with van der Waals surface area (Å²) in [4.78, 5) is 6.67. The standard InChI is InChI=1S/C19H24N2O3/c1-2-15(10-20-6-1)12-23-14-17-3-4-18-19(17)24-9-7-21(18)11-16-5-8-22-13-16/h1-2,5-6,8,10,13,17-19H,3-4,7,9,11-12,14H2/t17-,18-,19+/m0/s1.